The number of thioether (sulfide) groups is 1. The van der Waals surface area contributed by atoms with Crippen LogP contribution in [0, 0.1) is 6.92 Å². The van der Waals surface area contributed by atoms with Crippen molar-refractivity contribution < 1.29 is 4.79 Å². The zero-order chi connectivity index (χ0) is 21.1. The summed E-state index contributed by atoms with van der Waals surface area (Å²) in [5, 5.41) is 8.98. The van der Waals surface area contributed by atoms with Crippen molar-refractivity contribution in [1.82, 2.24) is 19.7 Å². The Morgan fingerprint density at radius 3 is 2.50 bits per heavy atom. The number of anilines is 1. The molecule has 4 aromatic rings. The lowest BCUT2D eigenvalue weighted by molar-refractivity contribution is -0.113. The van der Waals surface area contributed by atoms with Crippen molar-refractivity contribution >= 4 is 34.4 Å². The Kier molecular flexibility index (Phi) is 5.81. The van der Waals surface area contributed by atoms with Gasteiger partial charge in [0.2, 0.25) is 5.91 Å². The summed E-state index contributed by atoms with van der Waals surface area (Å²) in [6.07, 6.45) is 3.26. The first kappa shape index (κ1) is 20.1. The molecule has 4 rings (SSSR count). The molecule has 152 valence electrons. The lowest BCUT2D eigenvalue weighted by atomic mass is 10.0. The van der Waals surface area contributed by atoms with E-state index in [0.29, 0.717) is 5.92 Å². The molecule has 1 amide bonds. The fourth-order valence-electron chi connectivity index (χ4n) is 3.09. The largest absolute Gasteiger partial charge is 0.325 e. The van der Waals surface area contributed by atoms with E-state index in [-0.39, 0.29) is 11.7 Å². The summed E-state index contributed by atoms with van der Waals surface area (Å²) in [5.41, 5.74) is 4.89. The maximum Gasteiger partial charge on any atom is 0.234 e. The zero-order valence-electron chi connectivity index (χ0n) is 17.2. The maximum absolute atomic E-state index is 12.4. The van der Waals surface area contributed by atoms with Crippen LogP contribution in [0.4, 0.5) is 5.69 Å². The van der Waals surface area contributed by atoms with Gasteiger partial charge in [0.1, 0.15) is 11.4 Å². The highest BCUT2D eigenvalue weighted by Gasteiger charge is 2.13. The molecule has 0 unspecified atom stereocenters. The van der Waals surface area contributed by atoms with Crippen LogP contribution in [0.3, 0.4) is 0 Å². The molecule has 0 atom stereocenters. The highest BCUT2D eigenvalue weighted by atomic mass is 32.2. The van der Waals surface area contributed by atoms with Crippen LogP contribution in [-0.2, 0) is 4.79 Å². The SMILES string of the molecule is Cc1ccc(-n2ncc3c(SCC(=O)Nc4ccc(C(C)C)cc4)ncnc32)cc1. The lowest BCUT2D eigenvalue weighted by Crippen LogP contribution is -2.14. The molecule has 30 heavy (non-hydrogen) atoms. The van der Waals surface area contributed by atoms with Gasteiger partial charge < -0.3 is 5.32 Å². The normalized spacial score (nSPS) is 11.2. The van der Waals surface area contributed by atoms with E-state index in [2.05, 4.69) is 34.2 Å². The predicted molar refractivity (Wildman–Crippen MR) is 121 cm³/mol. The molecule has 0 fully saturated rings. The van der Waals surface area contributed by atoms with Crippen LogP contribution in [0.1, 0.15) is 30.9 Å². The Bertz CT molecular complexity index is 1170. The van der Waals surface area contributed by atoms with Gasteiger partial charge in [-0.1, -0.05) is 55.4 Å². The molecule has 0 radical (unpaired) electrons. The maximum atomic E-state index is 12.4. The van der Waals surface area contributed by atoms with Gasteiger partial charge >= 0.3 is 0 Å². The van der Waals surface area contributed by atoms with E-state index in [1.807, 2.05) is 55.5 Å². The van der Waals surface area contributed by atoms with Gasteiger partial charge in [0, 0.05) is 5.69 Å². The predicted octanol–water partition coefficient (Wildman–Crippen LogP) is 4.98. The molecular weight excluding hydrogens is 394 g/mol. The topological polar surface area (TPSA) is 72.7 Å². The molecule has 0 saturated heterocycles. The standard InChI is InChI=1S/C23H23N5OS/c1-15(2)17-6-8-18(9-7-17)27-21(29)13-30-23-20-12-26-28(22(20)24-14-25-23)19-10-4-16(3)5-11-19/h4-12,14-15H,13H2,1-3H3,(H,27,29). The minimum Gasteiger partial charge on any atom is -0.325 e. The lowest BCUT2D eigenvalue weighted by Gasteiger charge is -2.08. The minimum absolute atomic E-state index is 0.0741. The number of fused-ring (bicyclic) bond motifs is 1. The molecule has 2 aromatic carbocycles. The second-order valence-electron chi connectivity index (χ2n) is 7.42. The molecule has 7 heteroatoms. The van der Waals surface area contributed by atoms with Crippen LogP contribution in [0.2, 0.25) is 0 Å². The quantitative estimate of drug-likeness (QED) is 0.354. The van der Waals surface area contributed by atoms with Gasteiger partial charge in [-0.2, -0.15) is 5.10 Å². The number of aryl methyl sites for hydroxylation is 1. The highest BCUT2D eigenvalue weighted by molar-refractivity contribution is 8.00. The van der Waals surface area contributed by atoms with E-state index >= 15 is 0 Å². The van der Waals surface area contributed by atoms with Gasteiger partial charge in [-0.15, -0.1) is 0 Å². The van der Waals surface area contributed by atoms with Crippen molar-refractivity contribution in [2.45, 2.75) is 31.7 Å². The first-order chi connectivity index (χ1) is 14.5. The third kappa shape index (κ3) is 4.36. The average Bonchev–Trinajstić information content (AvgIpc) is 3.18. The van der Waals surface area contributed by atoms with E-state index < -0.39 is 0 Å². The number of carbonyl (C=O) groups is 1. The highest BCUT2D eigenvalue weighted by Crippen LogP contribution is 2.26. The van der Waals surface area contributed by atoms with Crippen LogP contribution in [-0.4, -0.2) is 31.4 Å². The van der Waals surface area contributed by atoms with Crippen LogP contribution >= 0.6 is 11.8 Å². The van der Waals surface area contributed by atoms with Gasteiger partial charge in [0.15, 0.2) is 5.65 Å². The summed E-state index contributed by atoms with van der Waals surface area (Å²) in [5.74, 6) is 0.648. The van der Waals surface area contributed by atoms with Gasteiger partial charge in [-0.3, -0.25) is 4.79 Å². The molecule has 0 bridgehead atoms. The van der Waals surface area contributed by atoms with E-state index in [4.69, 9.17) is 0 Å². The summed E-state index contributed by atoms with van der Waals surface area (Å²) in [7, 11) is 0. The average molecular weight is 418 g/mol. The molecular formula is C23H23N5OS. The van der Waals surface area contributed by atoms with Crippen LogP contribution in [0.15, 0.2) is 66.1 Å². The van der Waals surface area contributed by atoms with Crippen LogP contribution in [0.25, 0.3) is 16.7 Å². The molecule has 0 aliphatic rings. The number of rotatable bonds is 6. The van der Waals surface area contributed by atoms with Gasteiger partial charge in [-0.25, -0.2) is 14.6 Å². The Hall–Kier alpha value is -3.19. The minimum atomic E-state index is -0.0741. The summed E-state index contributed by atoms with van der Waals surface area (Å²) in [6, 6.07) is 16.1. The number of benzene rings is 2. The number of hydrogen-bond acceptors (Lipinski definition) is 5. The summed E-state index contributed by atoms with van der Waals surface area (Å²) >= 11 is 1.38. The molecule has 0 aliphatic carbocycles. The first-order valence-corrected chi connectivity index (χ1v) is 10.8. The second-order valence-corrected chi connectivity index (χ2v) is 8.39. The number of carbonyl (C=O) groups excluding carboxylic acids is 1. The van der Waals surface area contributed by atoms with Crippen molar-refractivity contribution in [3.63, 3.8) is 0 Å². The molecule has 0 saturated carbocycles. The van der Waals surface area contributed by atoms with E-state index in [1.54, 1.807) is 10.9 Å². The Labute approximate surface area is 179 Å². The fourth-order valence-corrected chi connectivity index (χ4v) is 3.86. The van der Waals surface area contributed by atoms with Crippen molar-refractivity contribution in [1.29, 1.82) is 0 Å². The third-order valence-corrected chi connectivity index (χ3v) is 5.81. The molecule has 2 aromatic heterocycles. The summed E-state index contributed by atoms with van der Waals surface area (Å²) in [4.78, 5) is 21.2. The number of hydrogen-bond donors (Lipinski definition) is 1. The monoisotopic (exact) mass is 417 g/mol. The number of nitrogens with zero attached hydrogens (tertiary/aromatic N) is 4. The summed E-state index contributed by atoms with van der Waals surface area (Å²) in [6.45, 7) is 6.34. The first-order valence-electron chi connectivity index (χ1n) is 9.79. The van der Waals surface area contributed by atoms with Crippen molar-refractivity contribution in [3.05, 3.63) is 72.2 Å². The number of aromatic nitrogens is 4. The van der Waals surface area contributed by atoms with Crippen molar-refractivity contribution in [3.8, 4) is 5.69 Å². The second kappa shape index (κ2) is 8.67. The van der Waals surface area contributed by atoms with Crippen molar-refractivity contribution in [2.24, 2.45) is 0 Å². The van der Waals surface area contributed by atoms with E-state index in [9.17, 15) is 4.79 Å². The molecule has 2 heterocycles. The van der Waals surface area contributed by atoms with Crippen LogP contribution < -0.4 is 5.32 Å². The van der Waals surface area contributed by atoms with E-state index in [1.165, 1.54) is 29.2 Å². The molecule has 0 aliphatic heterocycles. The molecule has 0 spiro atoms. The third-order valence-electron chi connectivity index (χ3n) is 4.81. The zero-order valence-corrected chi connectivity index (χ0v) is 18.0. The van der Waals surface area contributed by atoms with Crippen molar-refractivity contribution in [2.75, 3.05) is 11.1 Å². The fraction of sp³-hybridized carbons (Fsp3) is 0.217. The number of amides is 1. The van der Waals surface area contributed by atoms with E-state index in [0.717, 1.165) is 27.4 Å². The Morgan fingerprint density at radius 2 is 1.80 bits per heavy atom. The Balaban J connectivity index is 1.46. The molecule has 1 N–H and O–H groups in total. The van der Waals surface area contributed by atoms with Gasteiger partial charge in [0.05, 0.1) is 23.0 Å². The summed E-state index contributed by atoms with van der Waals surface area (Å²) < 4.78 is 1.79. The van der Waals surface area contributed by atoms with Crippen LogP contribution in [0.5, 0.6) is 0 Å². The number of nitrogens with one attached hydrogen (secondary N) is 1. The van der Waals surface area contributed by atoms with Gasteiger partial charge in [0.25, 0.3) is 0 Å². The molecule has 6 nitrogen and oxygen atoms in total. The Morgan fingerprint density at radius 1 is 1.07 bits per heavy atom. The smallest absolute Gasteiger partial charge is 0.234 e. The van der Waals surface area contributed by atoms with Gasteiger partial charge in [-0.05, 0) is 42.7 Å².